The highest BCUT2D eigenvalue weighted by atomic mass is 16.5. The van der Waals surface area contributed by atoms with Crippen LogP contribution in [-0.2, 0) is 4.79 Å². The number of rotatable bonds is 6. The van der Waals surface area contributed by atoms with Crippen LogP contribution in [0.4, 0.5) is 5.82 Å². The Morgan fingerprint density at radius 2 is 2.05 bits per heavy atom. The summed E-state index contributed by atoms with van der Waals surface area (Å²) in [6.45, 7) is 3.94. The standard InChI is InChI=1S/C17H21N3O2/c1-11-10-15(20-22-11)19-17(21)16(14-6-4-3-5-7-14)18-12(2)13-8-9-13/h3-7,10,12-13,16,18H,8-9H2,1-2H3,(H,19,20,21)/t12-,16-/m1/s1. The zero-order valence-electron chi connectivity index (χ0n) is 12.9. The van der Waals surface area contributed by atoms with Gasteiger partial charge in [-0.25, -0.2) is 0 Å². The van der Waals surface area contributed by atoms with Crippen LogP contribution in [0.1, 0.15) is 37.1 Å². The van der Waals surface area contributed by atoms with E-state index in [1.165, 1.54) is 12.8 Å². The summed E-state index contributed by atoms with van der Waals surface area (Å²) in [6.07, 6.45) is 2.47. The first kappa shape index (κ1) is 14.8. The van der Waals surface area contributed by atoms with E-state index >= 15 is 0 Å². The maximum atomic E-state index is 12.6. The Balaban J connectivity index is 1.76. The monoisotopic (exact) mass is 299 g/mol. The smallest absolute Gasteiger partial charge is 0.247 e. The van der Waals surface area contributed by atoms with Gasteiger partial charge >= 0.3 is 0 Å². The Morgan fingerprint density at radius 3 is 2.64 bits per heavy atom. The molecule has 1 aromatic carbocycles. The van der Waals surface area contributed by atoms with E-state index in [1.807, 2.05) is 30.3 Å². The van der Waals surface area contributed by atoms with Crippen molar-refractivity contribution in [3.8, 4) is 0 Å². The van der Waals surface area contributed by atoms with Crippen molar-refractivity contribution in [1.82, 2.24) is 10.5 Å². The molecule has 22 heavy (non-hydrogen) atoms. The van der Waals surface area contributed by atoms with Crippen molar-refractivity contribution in [3.05, 3.63) is 47.7 Å². The van der Waals surface area contributed by atoms with Crippen molar-refractivity contribution in [2.24, 2.45) is 5.92 Å². The lowest BCUT2D eigenvalue weighted by Crippen LogP contribution is -2.39. The highest BCUT2D eigenvalue weighted by Crippen LogP contribution is 2.33. The molecule has 0 radical (unpaired) electrons. The average Bonchev–Trinajstić information content (AvgIpc) is 3.29. The lowest BCUT2D eigenvalue weighted by atomic mass is 10.0. The fraction of sp³-hybridized carbons (Fsp3) is 0.412. The number of aromatic nitrogens is 1. The van der Waals surface area contributed by atoms with Gasteiger partial charge in [0.25, 0.3) is 0 Å². The second-order valence-electron chi connectivity index (χ2n) is 5.95. The minimum Gasteiger partial charge on any atom is -0.360 e. The number of amides is 1. The molecule has 1 amide bonds. The first-order valence-corrected chi connectivity index (χ1v) is 7.68. The molecule has 0 unspecified atom stereocenters. The van der Waals surface area contributed by atoms with Crippen LogP contribution in [0.25, 0.3) is 0 Å². The number of hydrogen-bond acceptors (Lipinski definition) is 4. The molecule has 0 bridgehead atoms. The second-order valence-corrected chi connectivity index (χ2v) is 5.95. The van der Waals surface area contributed by atoms with E-state index in [0.29, 0.717) is 23.5 Å². The van der Waals surface area contributed by atoms with Crippen LogP contribution in [0.2, 0.25) is 0 Å². The summed E-state index contributed by atoms with van der Waals surface area (Å²) >= 11 is 0. The van der Waals surface area contributed by atoms with Crippen molar-refractivity contribution < 1.29 is 9.32 Å². The molecule has 2 atom stereocenters. The number of aryl methyl sites for hydroxylation is 1. The summed E-state index contributed by atoms with van der Waals surface area (Å²) in [5.74, 6) is 1.68. The second kappa shape index (κ2) is 6.32. The molecule has 0 spiro atoms. The third-order valence-corrected chi connectivity index (χ3v) is 4.03. The average molecular weight is 299 g/mol. The van der Waals surface area contributed by atoms with Crippen LogP contribution >= 0.6 is 0 Å². The highest BCUT2D eigenvalue weighted by molar-refractivity contribution is 5.94. The molecule has 0 saturated heterocycles. The first-order chi connectivity index (χ1) is 10.6. The molecular formula is C17H21N3O2. The van der Waals surface area contributed by atoms with Crippen LogP contribution in [0.15, 0.2) is 40.9 Å². The topological polar surface area (TPSA) is 67.2 Å². The predicted molar refractivity (Wildman–Crippen MR) is 84.4 cm³/mol. The Labute approximate surface area is 130 Å². The van der Waals surface area contributed by atoms with Gasteiger partial charge in [-0.1, -0.05) is 35.5 Å². The number of nitrogens with one attached hydrogen (secondary N) is 2. The van der Waals surface area contributed by atoms with E-state index in [1.54, 1.807) is 13.0 Å². The minimum atomic E-state index is -0.395. The summed E-state index contributed by atoms with van der Waals surface area (Å²) in [7, 11) is 0. The zero-order chi connectivity index (χ0) is 15.5. The van der Waals surface area contributed by atoms with Gasteiger partial charge in [0.1, 0.15) is 11.8 Å². The van der Waals surface area contributed by atoms with Crippen LogP contribution in [-0.4, -0.2) is 17.1 Å². The maximum absolute atomic E-state index is 12.6. The van der Waals surface area contributed by atoms with Gasteiger partial charge in [-0.05, 0) is 38.2 Å². The normalized spacial score (nSPS) is 17.0. The summed E-state index contributed by atoms with van der Waals surface area (Å²) in [5, 5.41) is 10.1. The van der Waals surface area contributed by atoms with E-state index in [4.69, 9.17) is 4.52 Å². The van der Waals surface area contributed by atoms with Crippen molar-refractivity contribution in [1.29, 1.82) is 0 Å². The molecule has 1 aliphatic carbocycles. The van der Waals surface area contributed by atoms with Gasteiger partial charge in [-0.2, -0.15) is 0 Å². The quantitative estimate of drug-likeness (QED) is 0.860. The van der Waals surface area contributed by atoms with Crippen LogP contribution in [0, 0.1) is 12.8 Å². The number of nitrogens with zero attached hydrogens (tertiary/aromatic N) is 1. The number of anilines is 1. The SMILES string of the molecule is Cc1cc(NC(=O)[C@H](N[C@H](C)C2CC2)c2ccccc2)no1. The third-order valence-electron chi connectivity index (χ3n) is 4.03. The molecule has 0 aliphatic heterocycles. The molecule has 1 fully saturated rings. The molecule has 2 N–H and O–H groups in total. The molecule has 1 heterocycles. The van der Waals surface area contributed by atoms with Gasteiger partial charge in [0.05, 0.1) is 0 Å². The number of hydrogen-bond donors (Lipinski definition) is 2. The fourth-order valence-electron chi connectivity index (χ4n) is 2.59. The molecule has 5 nitrogen and oxygen atoms in total. The van der Waals surface area contributed by atoms with E-state index in [-0.39, 0.29) is 5.91 Å². The lowest BCUT2D eigenvalue weighted by molar-refractivity contribution is -0.118. The van der Waals surface area contributed by atoms with E-state index in [0.717, 1.165) is 5.56 Å². The minimum absolute atomic E-state index is 0.119. The van der Waals surface area contributed by atoms with Gasteiger partial charge in [-0.3, -0.25) is 10.1 Å². The van der Waals surface area contributed by atoms with Gasteiger partial charge < -0.3 is 9.84 Å². The lowest BCUT2D eigenvalue weighted by Gasteiger charge is -2.22. The fourth-order valence-corrected chi connectivity index (χ4v) is 2.59. The molecule has 1 saturated carbocycles. The van der Waals surface area contributed by atoms with Crippen molar-refractivity contribution >= 4 is 11.7 Å². The number of carbonyl (C=O) groups excluding carboxylic acids is 1. The number of benzene rings is 1. The predicted octanol–water partition coefficient (Wildman–Crippen LogP) is 3.05. The van der Waals surface area contributed by atoms with Gasteiger partial charge in [0.15, 0.2) is 5.82 Å². The molecule has 116 valence electrons. The summed E-state index contributed by atoms with van der Waals surface area (Å²) in [5.41, 5.74) is 0.952. The van der Waals surface area contributed by atoms with Gasteiger partial charge in [0, 0.05) is 12.1 Å². The Bertz CT molecular complexity index is 634. The molecular weight excluding hydrogens is 278 g/mol. The molecule has 3 rings (SSSR count). The summed E-state index contributed by atoms with van der Waals surface area (Å²) in [4.78, 5) is 12.6. The summed E-state index contributed by atoms with van der Waals surface area (Å²) < 4.78 is 5.00. The van der Waals surface area contributed by atoms with Crippen LogP contribution in [0.5, 0.6) is 0 Å². The van der Waals surface area contributed by atoms with Gasteiger partial charge in [0.2, 0.25) is 5.91 Å². The highest BCUT2D eigenvalue weighted by Gasteiger charge is 2.32. The molecule has 2 aromatic rings. The van der Waals surface area contributed by atoms with Crippen LogP contribution < -0.4 is 10.6 Å². The number of carbonyl (C=O) groups is 1. The molecule has 1 aliphatic rings. The Kier molecular flexibility index (Phi) is 4.24. The van der Waals surface area contributed by atoms with Crippen molar-refractivity contribution in [3.63, 3.8) is 0 Å². The van der Waals surface area contributed by atoms with E-state index in [2.05, 4.69) is 22.7 Å². The van der Waals surface area contributed by atoms with Crippen molar-refractivity contribution in [2.75, 3.05) is 5.32 Å². The van der Waals surface area contributed by atoms with Crippen molar-refractivity contribution in [2.45, 2.75) is 38.8 Å². The Morgan fingerprint density at radius 1 is 1.32 bits per heavy atom. The largest absolute Gasteiger partial charge is 0.360 e. The first-order valence-electron chi connectivity index (χ1n) is 7.68. The Hall–Kier alpha value is -2.14. The zero-order valence-corrected chi connectivity index (χ0v) is 12.9. The van der Waals surface area contributed by atoms with E-state index < -0.39 is 6.04 Å². The molecule has 1 aromatic heterocycles. The molecule has 5 heteroatoms. The van der Waals surface area contributed by atoms with E-state index in [9.17, 15) is 4.79 Å². The maximum Gasteiger partial charge on any atom is 0.247 e. The summed E-state index contributed by atoms with van der Waals surface area (Å²) in [6, 6.07) is 11.4. The van der Waals surface area contributed by atoms with Crippen LogP contribution in [0.3, 0.4) is 0 Å². The third kappa shape index (κ3) is 3.54. The van der Waals surface area contributed by atoms with Gasteiger partial charge in [-0.15, -0.1) is 0 Å².